The molecule has 3 heteroatoms. The zero-order chi connectivity index (χ0) is 15.4. The predicted molar refractivity (Wildman–Crippen MR) is 92.7 cm³/mol. The number of hydrogen-bond donors (Lipinski definition) is 1. The Morgan fingerprint density at radius 3 is 2.91 bits per heavy atom. The quantitative estimate of drug-likeness (QED) is 0.674. The number of hydrogen-bond acceptors (Lipinski definition) is 3. The summed E-state index contributed by atoms with van der Waals surface area (Å²) >= 11 is 0. The average Bonchev–Trinajstić information content (AvgIpc) is 2.55. The van der Waals surface area contributed by atoms with Gasteiger partial charge in [-0.15, -0.1) is 0 Å². The van der Waals surface area contributed by atoms with E-state index in [2.05, 4.69) is 29.2 Å². The summed E-state index contributed by atoms with van der Waals surface area (Å²) in [6, 6.07) is 14.6. The van der Waals surface area contributed by atoms with Crippen molar-refractivity contribution in [1.82, 2.24) is 0 Å². The van der Waals surface area contributed by atoms with Gasteiger partial charge in [0, 0.05) is 24.5 Å². The predicted octanol–water partition coefficient (Wildman–Crippen LogP) is 3.80. The van der Waals surface area contributed by atoms with E-state index in [1.807, 2.05) is 25.1 Å². The summed E-state index contributed by atoms with van der Waals surface area (Å²) in [5.41, 5.74) is 10.6. The first-order valence-corrected chi connectivity index (χ1v) is 8.06. The van der Waals surface area contributed by atoms with E-state index in [1.54, 1.807) is 0 Å². The molecule has 0 aliphatic carbocycles. The van der Waals surface area contributed by atoms with Crippen LogP contribution in [0.2, 0.25) is 0 Å². The van der Waals surface area contributed by atoms with Crippen molar-refractivity contribution in [2.24, 2.45) is 0 Å². The maximum Gasteiger partial charge on any atom is 0.119 e. The van der Waals surface area contributed by atoms with Crippen LogP contribution < -0.4 is 15.4 Å². The highest BCUT2D eigenvalue weighted by atomic mass is 16.5. The Kier molecular flexibility index (Phi) is 4.52. The van der Waals surface area contributed by atoms with Gasteiger partial charge >= 0.3 is 0 Å². The summed E-state index contributed by atoms with van der Waals surface area (Å²) in [6.45, 7) is 4.94. The van der Waals surface area contributed by atoms with Gasteiger partial charge in [0.1, 0.15) is 5.75 Å². The average molecular weight is 296 g/mol. The monoisotopic (exact) mass is 296 g/mol. The highest BCUT2D eigenvalue weighted by Crippen LogP contribution is 2.26. The van der Waals surface area contributed by atoms with Gasteiger partial charge in [0.15, 0.2) is 0 Å². The van der Waals surface area contributed by atoms with E-state index >= 15 is 0 Å². The van der Waals surface area contributed by atoms with Crippen LogP contribution in [-0.4, -0.2) is 19.7 Å². The van der Waals surface area contributed by atoms with Gasteiger partial charge in [-0.3, -0.25) is 0 Å². The molecule has 0 amide bonds. The van der Waals surface area contributed by atoms with Crippen molar-refractivity contribution >= 4 is 11.4 Å². The molecule has 2 aromatic rings. The van der Waals surface area contributed by atoms with Gasteiger partial charge in [0.25, 0.3) is 0 Å². The van der Waals surface area contributed by atoms with Crippen LogP contribution in [0.1, 0.15) is 24.0 Å². The summed E-state index contributed by atoms with van der Waals surface area (Å²) in [4.78, 5) is 2.48. The molecule has 0 radical (unpaired) electrons. The van der Waals surface area contributed by atoms with Crippen LogP contribution in [0, 0.1) is 6.92 Å². The van der Waals surface area contributed by atoms with E-state index in [0.717, 1.165) is 43.1 Å². The number of nitrogen functional groups attached to an aromatic ring is 1. The number of anilines is 2. The van der Waals surface area contributed by atoms with Crippen LogP contribution >= 0.6 is 0 Å². The van der Waals surface area contributed by atoms with Gasteiger partial charge in [-0.1, -0.05) is 18.2 Å². The summed E-state index contributed by atoms with van der Waals surface area (Å²) in [6.07, 6.45) is 3.47. The summed E-state index contributed by atoms with van der Waals surface area (Å²) in [5, 5.41) is 0. The zero-order valence-corrected chi connectivity index (χ0v) is 13.2. The third kappa shape index (κ3) is 3.35. The van der Waals surface area contributed by atoms with Crippen LogP contribution in [0.25, 0.3) is 0 Å². The van der Waals surface area contributed by atoms with E-state index in [4.69, 9.17) is 10.5 Å². The SMILES string of the molecule is Cc1cc(OCCCN2CCCc3ccccc32)ccc1N. The molecule has 0 saturated carbocycles. The molecular formula is C19H24N2O. The summed E-state index contributed by atoms with van der Waals surface area (Å²) < 4.78 is 5.84. The van der Waals surface area contributed by atoms with Crippen LogP contribution in [0.5, 0.6) is 5.75 Å². The van der Waals surface area contributed by atoms with E-state index < -0.39 is 0 Å². The molecule has 0 spiro atoms. The fraction of sp³-hybridized carbons (Fsp3) is 0.368. The first-order chi connectivity index (χ1) is 10.7. The molecule has 0 atom stereocenters. The first kappa shape index (κ1) is 14.8. The van der Waals surface area contributed by atoms with Gasteiger partial charge in [-0.2, -0.15) is 0 Å². The van der Waals surface area contributed by atoms with Gasteiger partial charge in [0.2, 0.25) is 0 Å². The molecule has 0 fully saturated rings. The topological polar surface area (TPSA) is 38.5 Å². The zero-order valence-electron chi connectivity index (χ0n) is 13.2. The lowest BCUT2D eigenvalue weighted by molar-refractivity contribution is 0.311. The lowest BCUT2D eigenvalue weighted by Gasteiger charge is -2.31. The Labute approximate surface area is 132 Å². The Morgan fingerprint density at radius 1 is 1.18 bits per heavy atom. The third-order valence-corrected chi connectivity index (χ3v) is 4.29. The number of nitrogens with two attached hydrogens (primary N) is 1. The van der Waals surface area contributed by atoms with E-state index in [9.17, 15) is 0 Å². The fourth-order valence-electron chi connectivity index (χ4n) is 3.03. The summed E-state index contributed by atoms with van der Waals surface area (Å²) in [5.74, 6) is 0.908. The van der Waals surface area contributed by atoms with Crippen LogP contribution in [0.15, 0.2) is 42.5 Å². The number of fused-ring (bicyclic) bond motifs is 1. The van der Waals surface area contributed by atoms with Crippen molar-refractivity contribution in [3.63, 3.8) is 0 Å². The summed E-state index contributed by atoms with van der Waals surface area (Å²) in [7, 11) is 0. The maximum absolute atomic E-state index is 5.84. The molecule has 1 aliphatic rings. The number of aryl methyl sites for hydroxylation is 2. The van der Waals surface area contributed by atoms with Crippen molar-refractivity contribution < 1.29 is 4.74 Å². The minimum absolute atomic E-state index is 0.738. The van der Waals surface area contributed by atoms with Crippen LogP contribution in [0.4, 0.5) is 11.4 Å². The molecule has 1 aliphatic heterocycles. The Bertz CT molecular complexity index is 639. The van der Waals surface area contributed by atoms with Gasteiger partial charge in [0.05, 0.1) is 6.61 Å². The highest BCUT2D eigenvalue weighted by Gasteiger charge is 2.15. The van der Waals surface area contributed by atoms with E-state index in [-0.39, 0.29) is 0 Å². The first-order valence-electron chi connectivity index (χ1n) is 8.06. The normalized spacial score (nSPS) is 13.8. The lowest BCUT2D eigenvalue weighted by Crippen LogP contribution is -2.31. The number of rotatable bonds is 5. The van der Waals surface area contributed by atoms with E-state index in [0.29, 0.717) is 0 Å². The number of benzene rings is 2. The molecule has 116 valence electrons. The van der Waals surface area contributed by atoms with Gasteiger partial charge < -0.3 is 15.4 Å². The molecule has 0 unspecified atom stereocenters. The van der Waals surface area contributed by atoms with Crippen LogP contribution in [0.3, 0.4) is 0 Å². The van der Waals surface area contributed by atoms with Crippen molar-refractivity contribution in [3.8, 4) is 5.75 Å². The second kappa shape index (κ2) is 6.73. The van der Waals surface area contributed by atoms with Crippen molar-refractivity contribution in [2.75, 3.05) is 30.3 Å². The minimum atomic E-state index is 0.738. The fourth-order valence-corrected chi connectivity index (χ4v) is 3.03. The molecule has 3 nitrogen and oxygen atoms in total. The highest BCUT2D eigenvalue weighted by molar-refractivity contribution is 5.55. The maximum atomic E-state index is 5.84. The van der Waals surface area contributed by atoms with Crippen molar-refractivity contribution in [3.05, 3.63) is 53.6 Å². The molecular weight excluding hydrogens is 272 g/mol. The smallest absolute Gasteiger partial charge is 0.119 e. The van der Waals surface area contributed by atoms with Gasteiger partial charge in [-0.25, -0.2) is 0 Å². The molecule has 2 N–H and O–H groups in total. The molecule has 22 heavy (non-hydrogen) atoms. The largest absolute Gasteiger partial charge is 0.494 e. The van der Waals surface area contributed by atoms with Crippen molar-refractivity contribution in [1.29, 1.82) is 0 Å². The second-order valence-corrected chi connectivity index (χ2v) is 5.94. The number of nitrogens with zero attached hydrogens (tertiary/aromatic N) is 1. The van der Waals surface area contributed by atoms with E-state index in [1.165, 1.54) is 24.1 Å². The third-order valence-electron chi connectivity index (χ3n) is 4.29. The molecule has 2 aromatic carbocycles. The molecule has 0 bridgehead atoms. The molecule has 0 aromatic heterocycles. The number of ether oxygens (including phenoxy) is 1. The van der Waals surface area contributed by atoms with Crippen LogP contribution in [-0.2, 0) is 6.42 Å². The minimum Gasteiger partial charge on any atom is -0.494 e. The Balaban J connectivity index is 1.51. The Morgan fingerprint density at radius 2 is 2.05 bits per heavy atom. The lowest BCUT2D eigenvalue weighted by atomic mass is 10.0. The molecule has 3 rings (SSSR count). The van der Waals surface area contributed by atoms with Gasteiger partial charge in [-0.05, 0) is 61.6 Å². The van der Waals surface area contributed by atoms with Crippen molar-refractivity contribution in [2.45, 2.75) is 26.2 Å². The molecule has 0 saturated heterocycles. The standard InChI is InChI=1S/C19H24N2O/c1-15-14-17(9-10-18(15)20)22-13-5-12-21-11-4-7-16-6-2-3-8-19(16)21/h2-3,6,8-10,14H,4-5,7,11-13,20H2,1H3. The number of para-hydroxylation sites is 1. The second-order valence-electron chi connectivity index (χ2n) is 5.94. The Hall–Kier alpha value is -2.16. The molecule has 1 heterocycles.